The molecule has 2 atom stereocenters. The van der Waals surface area contributed by atoms with Crippen molar-refractivity contribution in [2.24, 2.45) is 0 Å². The molecule has 1 amide bonds. The molecule has 332 valence electrons. The van der Waals surface area contributed by atoms with Gasteiger partial charge in [-0.3, -0.25) is 9.97 Å². The van der Waals surface area contributed by atoms with Crippen LogP contribution in [0.25, 0.3) is 20.7 Å². The van der Waals surface area contributed by atoms with E-state index in [1.54, 1.807) is 68.7 Å². The highest BCUT2D eigenvalue weighted by atomic mass is 35.5. The summed E-state index contributed by atoms with van der Waals surface area (Å²) in [6.45, 7) is 9.24. The molecule has 8 rings (SSSR count). The van der Waals surface area contributed by atoms with E-state index in [1.807, 2.05) is 11.0 Å². The average Bonchev–Trinajstić information content (AvgIpc) is 3.86. The molecule has 14 nitrogen and oxygen atoms in total. The molecule has 2 aliphatic heterocycles. The van der Waals surface area contributed by atoms with Crippen LogP contribution in [0.2, 0.25) is 0 Å². The highest BCUT2D eigenvalue weighted by Gasteiger charge is 2.36. The van der Waals surface area contributed by atoms with Gasteiger partial charge in [0.05, 0.1) is 45.0 Å². The number of amides is 1. The average molecular weight is 927 g/mol. The number of halogens is 7. The smallest absolute Gasteiger partial charge is 0.417 e. The van der Waals surface area contributed by atoms with Crippen molar-refractivity contribution in [2.45, 2.75) is 50.8 Å². The zero-order valence-corrected chi connectivity index (χ0v) is 35.8. The van der Waals surface area contributed by atoms with Crippen molar-refractivity contribution in [3.63, 3.8) is 0 Å². The maximum atomic E-state index is 13.1. The van der Waals surface area contributed by atoms with Crippen LogP contribution in [0, 0.1) is 0 Å². The predicted molar refractivity (Wildman–Crippen MR) is 224 cm³/mol. The normalized spacial score (nSPS) is 17.3. The number of hydrogen-bond acceptors (Lipinski definition) is 15. The molecule has 2 aliphatic rings. The number of carbonyl (C=O) groups is 1. The first-order chi connectivity index (χ1) is 29.0. The summed E-state index contributed by atoms with van der Waals surface area (Å²) >= 11 is 2.34. The Balaban J connectivity index is 0.000000209. The second-order valence-corrected chi connectivity index (χ2v) is 16.9. The fourth-order valence-electron chi connectivity index (χ4n) is 6.33. The molecule has 8 heterocycles. The van der Waals surface area contributed by atoms with Crippen LogP contribution in [0.5, 0.6) is 11.5 Å². The van der Waals surface area contributed by atoms with Crippen LogP contribution in [0.15, 0.2) is 73.6 Å². The van der Waals surface area contributed by atoms with Crippen LogP contribution in [0.1, 0.15) is 31.9 Å². The van der Waals surface area contributed by atoms with Crippen LogP contribution in [0.4, 0.5) is 41.4 Å². The number of nitrogens with zero attached hydrogens (tertiary/aromatic N) is 9. The predicted octanol–water partition coefficient (Wildman–Crippen LogP) is 7.99. The van der Waals surface area contributed by atoms with Crippen molar-refractivity contribution in [2.75, 3.05) is 62.3 Å². The number of piperazine rings is 2. The molecule has 0 aliphatic carbocycles. The minimum absolute atomic E-state index is 0. The van der Waals surface area contributed by atoms with Crippen molar-refractivity contribution in [1.82, 2.24) is 40.1 Å². The molecule has 62 heavy (non-hydrogen) atoms. The number of hydrogen-bond donors (Lipinski definition) is 1. The van der Waals surface area contributed by atoms with Crippen LogP contribution in [0.3, 0.4) is 0 Å². The zero-order chi connectivity index (χ0) is 43.4. The summed E-state index contributed by atoms with van der Waals surface area (Å²) in [6.07, 6.45) is -1.19. The minimum atomic E-state index is -4.48. The summed E-state index contributed by atoms with van der Waals surface area (Å²) in [4.78, 5) is 43.0. The summed E-state index contributed by atoms with van der Waals surface area (Å²) < 4.78 is 96.0. The number of fused-ring (bicyclic) bond motifs is 2. The van der Waals surface area contributed by atoms with Gasteiger partial charge in [0, 0.05) is 64.1 Å². The van der Waals surface area contributed by atoms with Gasteiger partial charge in [0.25, 0.3) is 0 Å². The van der Waals surface area contributed by atoms with E-state index in [2.05, 4.69) is 40.1 Å². The topological polar surface area (TPSA) is 144 Å². The summed E-state index contributed by atoms with van der Waals surface area (Å²) in [5, 5.41) is 4.48. The lowest BCUT2D eigenvalue weighted by molar-refractivity contribution is -0.138. The largest absolute Gasteiger partial charge is 0.490 e. The zero-order valence-electron chi connectivity index (χ0n) is 33.4. The third-order valence-corrected chi connectivity index (χ3v) is 11.3. The van der Waals surface area contributed by atoms with Crippen molar-refractivity contribution >= 4 is 72.1 Å². The number of carbonyl (C=O) groups excluding carboxylic acids is 1. The molecule has 0 aromatic carbocycles. The molecule has 2 unspecified atom stereocenters. The van der Waals surface area contributed by atoms with E-state index in [4.69, 9.17) is 14.2 Å². The number of rotatable bonds is 8. The first-order valence-corrected chi connectivity index (χ1v) is 20.6. The Morgan fingerprint density at radius 3 is 1.76 bits per heavy atom. The van der Waals surface area contributed by atoms with Crippen molar-refractivity contribution in [1.29, 1.82) is 0 Å². The number of alkyl halides is 6. The first-order valence-electron chi connectivity index (χ1n) is 19.0. The van der Waals surface area contributed by atoms with Gasteiger partial charge in [-0.1, -0.05) is 22.7 Å². The van der Waals surface area contributed by atoms with Gasteiger partial charge in [0.2, 0.25) is 0 Å². The first kappa shape index (κ1) is 46.2. The van der Waals surface area contributed by atoms with Crippen LogP contribution in [-0.2, 0) is 17.1 Å². The highest BCUT2D eigenvalue weighted by Crippen LogP contribution is 2.37. The lowest BCUT2D eigenvalue weighted by Gasteiger charge is -2.41. The Bertz CT molecular complexity index is 2410. The number of anilines is 2. The number of aromatic nitrogens is 6. The molecule has 0 radical (unpaired) electrons. The lowest BCUT2D eigenvalue weighted by Crippen LogP contribution is -2.57. The Hall–Kier alpha value is -5.32. The number of pyridine rings is 4. The molecule has 2 saturated heterocycles. The molecule has 0 spiro atoms. The van der Waals surface area contributed by atoms with E-state index >= 15 is 0 Å². The van der Waals surface area contributed by atoms with Crippen molar-refractivity contribution in [3.8, 4) is 11.5 Å². The van der Waals surface area contributed by atoms with Gasteiger partial charge >= 0.3 is 18.4 Å². The minimum Gasteiger partial charge on any atom is -0.490 e. The van der Waals surface area contributed by atoms with E-state index in [0.717, 1.165) is 42.4 Å². The summed E-state index contributed by atoms with van der Waals surface area (Å²) in [6, 6.07) is 8.99. The van der Waals surface area contributed by atoms with Gasteiger partial charge in [-0.2, -0.15) is 36.3 Å². The maximum absolute atomic E-state index is 13.1. The second kappa shape index (κ2) is 19.4. The standard InChI is InChI=1S/C22H24F3N5O3S.C17H16F3N5OS.ClH/c1-21(2,3)33-20(31)29-7-8-30(15(12-29)13-32-16-5-4-6-26-11-16)19-28-18-17(34-19)9-14(10-27-18)22(23,24)25;18-17(19,20)11-6-14-15(23-7-11)24-16(27-14)25-5-4-22-8-12(25)10-26-13-2-1-3-21-9-13;/h4-6,9-11,15H,7-8,12-13H2,1-3H3;1-3,6-7,9,12,22H,4-5,8,10H2;1H. The molecule has 23 heteroatoms. The summed E-state index contributed by atoms with van der Waals surface area (Å²) in [5.41, 5.74) is -1.64. The highest BCUT2D eigenvalue weighted by molar-refractivity contribution is 7.22. The Labute approximate surface area is 365 Å². The molecular formula is C39H41ClF6N10O4S2. The van der Waals surface area contributed by atoms with Crippen LogP contribution in [-0.4, -0.2) is 111 Å². The maximum Gasteiger partial charge on any atom is 0.417 e. The number of nitrogens with one attached hydrogen (secondary N) is 1. The number of ether oxygens (including phenoxy) is 3. The Morgan fingerprint density at radius 2 is 1.27 bits per heavy atom. The molecule has 6 aromatic rings. The van der Waals surface area contributed by atoms with Gasteiger partial charge in [0.1, 0.15) is 30.3 Å². The molecule has 1 N–H and O–H groups in total. The van der Waals surface area contributed by atoms with Gasteiger partial charge in [-0.05, 0) is 57.2 Å². The van der Waals surface area contributed by atoms with E-state index in [-0.39, 0.29) is 36.7 Å². The Kier molecular flexibility index (Phi) is 14.4. The fourth-order valence-corrected chi connectivity index (χ4v) is 8.45. The monoisotopic (exact) mass is 926 g/mol. The van der Waals surface area contributed by atoms with Crippen LogP contribution >= 0.6 is 35.1 Å². The molecule has 0 saturated carbocycles. The van der Waals surface area contributed by atoms with Gasteiger partial charge in [-0.25, -0.2) is 14.8 Å². The van der Waals surface area contributed by atoms with Crippen LogP contribution < -0.4 is 24.6 Å². The SMILES string of the molecule is CC(C)(C)OC(=O)N1CCN(c2nc3ncc(C(F)(F)F)cc3s2)C(COc2cccnc2)C1.Cl.FC(F)(F)c1cnc2nc(N3CCNCC3COc3cccnc3)sc2c1. The van der Waals surface area contributed by atoms with Gasteiger partial charge < -0.3 is 34.2 Å². The fraction of sp³-hybridized carbons (Fsp3) is 0.410. The summed E-state index contributed by atoms with van der Waals surface area (Å²) in [7, 11) is 0. The molecule has 6 aromatic heterocycles. The second-order valence-electron chi connectivity index (χ2n) is 14.9. The van der Waals surface area contributed by atoms with Gasteiger partial charge in [-0.15, -0.1) is 12.4 Å². The summed E-state index contributed by atoms with van der Waals surface area (Å²) in [5.74, 6) is 1.24. The van der Waals surface area contributed by atoms with E-state index in [9.17, 15) is 31.1 Å². The Morgan fingerprint density at radius 1 is 0.758 bits per heavy atom. The van der Waals surface area contributed by atoms with Gasteiger partial charge in [0.15, 0.2) is 21.6 Å². The molecule has 0 bridgehead atoms. The third-order valence-electron chi connectivity index (χ3n) is 9.26. The van der Waals surface area contributed by atoms with Crippen molar-refractivity contribution < 1.29 is 45.3 Å². The molecular weight excluding hydrogens is 886 g/mol. The van der Waals surface area contributed by atoms with E-state index in [1.165, 1.54) is 11.3 Å². The van der Waals surface area contributed by atoms with E-state index in [0.29, 0.717) is 76.1 Å². The quantitative estimate of drug-likeness (QED) is 0.148. The van der Waals surface area contributed by atoms with E-state index < -0.39 is 35.2 Å². The number of thiazole rings is 2. The lowest BCUT2D eigenvalue weighted by atomic mass is 10.2. The molecule has 2 fully saturated rings. The third kappa shape index (κ3) is 11.8. The van der Waals surface area contributed by atoms with Crippen molar-refractivity contribution in [3.05, 3.63) is 84.7 Å².